The van der Waals surface area contributed by atoms with Crippen molar-refractivity contribution >= 4 is 15.8 Å². The first-order valence-corrected chi connectivity index (χ1v) is 7.86. The van der Waals surface area contributed by atoms with Gasteiger partial charge >= 0.3 is 0 Å². The number of guanidine groups is 1. The van der Waals surface area contributed by atoms with E-state index in [1.54, 1.807) is 0 Å². The zero-order chi connectivity index (χ0) is 13.9. The minimum absolute atomic E-state index is 0.115. The maximum Gasteiger partial charge on any atom is 0.191 e. The summed E-state index contributed by atoms with van der Waals surface area (Å²) in [6.07, 6.45) is 2.08. The third-order valence-corrected chi connectivity index (χ3v) is 3.90. The maximum atomic E-state index is 13.6. The van der Waals surface area contributed by atoms with Crippen LogP contribution in [0.15, 0.2) is 28.1 Å². The van der Waals surface area contributed by atoms with Gasteiger partial charge < -0.3 is 10.6 Å². The lowest BCUT2D eigenvalue weighted by atomic mass is 10.2. The highest BCUT2D eigenvalue weighted by atomic mass is 32.2. The summed E-state index contributed by atoms with van der Waals surface area (Å²) in [5, 5.41) is 6.01. The molecule has 0 radical (unpaired) electrons. The van der Waals surface area contributed by atoms with Gasteiger partial charge in [-0.2, -0.15) is 0 Å². The normalized spacial score (nSPS) is 15.6. The number of sulfone groups is 1. The van der Waals surface area contributed by atoms with Gasteiger partial charge in [0.1, 0.15) is 5.82 Å². The Bertz CT molecular complexity index is 599. The maximum absolute atomic E-state index is 13.6. The Morgan fingerprint density at radius 1 is 1.47 bits per heavy atom. The van der Waals surface area contributed by atoms with Crippen LogP contribution in [0.4, 0.5) is 4.39 Å². The van der Waals surface area contributed by atoms with Crippen LogP contribution in [0.1, 0.15) is 12.0 Å². The highest BCUT2D eigenvalue weighted by Crippen LogP contribution is 2.15. The van der Waals surface area contributed by atoms with Crippen molar-refractivity contribution in [2.75, 3.05) is 19.3 Å². The van der Waals surface area contributed by atoms with Crippen molar-refractivity contribution in [2.24, 2.45) is 4.99 Å². The summed E-state index contributed by atoms with van der Waals surface area (Å²) in [7, 11) is -3.33. The highest BCUT2D eigenvalue weighted by Gasteiger charge is 2.12. The molecule has 7 heteroatoms. The quantitative estimate of drug-likeness (QED) is 0.801. The molecule has 0 fully saturated rings. The van der Waals surface area contributed by atoms with Crippen molar-refractivity contribution < 1.29 is 12.8 Å². The van der Waals surface area contributed by atoms with Crippen LogP contribution in [0.2, 0.25) is 0 Å². The minimum Gasteiger partial charge on any atom is -0.356 e. The van der Waals surface area contributed by atoms with Crippen molar-refractivity contribution in [3.63, 3.8) is 0 Å². The predicted octanol–water partition coefficient (Wildman–Crippen LogP) is 0.668. The molecule has 2 N–H and O–H groups in total. The topological polar surface area (TPSA) is 70.6 Å². The van der Waals surface area contributed by atoms with Gasteiger partial charge in [-0.15, -0.1) is 0 Å². The van der Waals surface area contributed by atoms with Gasteiger partial charge in [-0.25, -0.2) is 12.8 Å². The molecule has 0 bridgehead atoms. The number of halogens is 1. The summed E-state index contributed by atoms with van der Waals surface area (Å²) in [6.45, 7) is 1.76. The molecule has 1 aromatic carbocycles. The van der Waals surface area contributed by atoms with Crippen LogP contribution < -0.4 is 10.6 Å². The Hall–Kier alpha value is -1.63. The van der Waals surface area contributed by atoms with Gasteiger partial charge in [-0.05, 0) is 24.6 Å². The zero-order valence-corrected chi connectivity index (χ0v) is 11.4. The van der Waals surface area contributed by atoms with Crippen molar-refractivity contribution in [1.29, 1.82) is 0 Å². The van der Waals surface area contributed by atoms with Gasteiger partial charge in [0.25, 0.3) is 0 Å². The molecule has 1 aliphatic heterocycles. The Morgan fingerprint density at radius 2 is 2.26 bits per heavy atom. The molecule has 104 valence electrons. The molecule has 2 rings (SSSR count). The first-order chi connectivity index (χ1) is 8.97. The van der Waals surface area contributed by atoms with Crippen LogP contribution in [-0.4, -0.2) is 33.7 Å². The summed E-state index contributed by atoms with van der Waals surface area (Å²) in [4.78, 5) is 4.31. The van der Waals surface area contributed by atoms with Gasteiger partial charge in [0.15, 0.2) is 15.8 Å². The van der Waals surface area contributed by atoms with Crippen molar-refractivity contribution in [1.82, 2.24) is 10.6 Å². The van der Waals surface area contributed by atoms with E-state index in [2.05, 4.69) is 15.6 Å². The average molecular weight is 285 g/mol. The van der Waals surface area contributed by atoms with E-state index in [1.165, 1.54) is 18.2 Å². The van der Waals surface area contributed by atoms with Gasteiger partial charge in [0, 0.05) is 31.5 Å². The van der Waals surface area contributed by atoms with E-state index in [-0.39, 0.29) is 11.4 Å². The minimum atomic E-state index is -3.33. The van der Waals surface area contributed by atoms with E-state index < -0.39 is 15.7 Å². The van der Waals surface area contributed by atoms with E-state index >= 15 is 0 Å². The largest absolute Gasteiger partial charge is 0.356 e. The highest BCUT2D eigenvalue weighted by molar-refractivity contribution is 7.90. The molecule has 0 spiro atoms. The second-order valence-corrected chi connectivity index (χ2v) is 6.41. The van der Waals surface area contributed by atoms with Crippen molar-refractivity contribution in [2.45, 2.75) is 17.9 Å². The number of nitrogens with one attached hydrogen (secondary N) is 2. The van der Waals surface area contributed by atoms with Crippen LogP contribution in [0.3, 0.4) is 0 Å². The molecule has 0 aromatic heterocycles. The molecular formula is C12H16FN3O2S. The van der Waals surface area contributed by atoms with Crippen LogP contribution in [0, 0.1) is 5.82 Å². The fourth-order valence-corrected chi connectivity index (χ4v) is 2.42. The van der Waals surface area contributed by atoms with Crippen LogP contribution >= 0.6 is 0 Å². The Morgan fingerprint density at radius 3 is 2.89 bits per heavy atom. The summed E-state index contributed by atoms with van der Waals surface area (Å²) in [5.74, 6) is 0.187. The van der Waals surface area contributed by atoms with Gasteiger partial charge in [-0.1, -0.05) is 0 Å². The molecule has 1 aromatic rings. The first kappa shape index (κ1) is 13.8. The lowest BCUT2D eigenvalue weighted by Gasteiger charge is -2.16. The number of aliphatic imine (C=N–C) groups is 1. The Kier molecular flexibility index (Phi) is 4.04. The van der Waals surface area contributed by atoms with E-state index in [0.29, 0.717) is 11.5 Å². The molecule has 19 heavy (non-hydrogen) atoms. The third kappa shape index (κ3) is 3.66. The second-order valence-electron chi connectivity index (χ2n) is 4.39. The number of nitrogens with zero attached hydrogens (tertiary/aromatic N) is 1. The summed E-state index contributed by atoms with van der Waals surface area (Å²) in [5.41, 5.74) is 0.304. The number of hydrogen-bond acceptors (Lipinski definition) is 5. The second kappa shape index (κ2) is 5.56. The fraction of sp³-hybridized carbons (Fsp3) is 0.417. The van der Waals surface area contributed by atoms with Crippen LogP contribution in [0.5, 0.6) is 0 Å². The smallest absolute Gasteiger partial charge is 0.191 e. The van der Waals surface area contributed by atoms with Gasteiger partial charge in [0.05, 0.1) is 4.90 Å². The predicted molar refractivity (Wildman–Crippen MR) is 71.3 cm³/mol. The molecule has 0 saturated carbocycles. The number of hydrogen-bond donors (Lipinski definition) is 2. The third-order valence-electron chi connectivity index (χ3n) is 2.79. The summed E-state index contributed by atoms with van der Waals surface area (Å²) >= 11 is 0. The Balaban J connectivity index is 2.13. The number of benzene rings is 1. The van der Waals surface area contributed by atoms with Gasteiger partial charge in [0.2, 0.25) is 0 Å². The lowest BCUT2D eigenvalue weighted by molar-refractivity contribution is 0.593. The zero-order valence-electron chi connectivity index (χ0n) is 10.6. The average Bonchev–Trinajstić information content (AvgIpc) is 2.37. The van der Waals surface area contributed by atoms with E-state index in [4.69, 9.17) is 0 Å². The standard InChI is InChI=1S/C12H16FN3O2S/c1-19(17,18)10-3-4-11(13)9(7-10)8-16-12-14-5-2-6-15-12/h3-4,7H,2,5-6,8H2,1H3,(H2,14,15,16). The molecule has 0 saturated heterocycles. The molecule has 1 aliphatic rings. The van der Waals surface area contributed by atoms with Gasteiger partial charge in [-0.3, -0.25) is 4.99 Å². The van der Waals surface area contributed by atoms with Crippen LogP contribution in [0.25, 0.3) is 0 Å². The molecule has 0 unspecified atom stereocenters. The molecule has 0 amide bonds. The summed E-state index contributed by atoms with van der Waals surface area (Å²) in [6, 6.07) is 3.79. The Labute approximate surface area is 111 Å². The molecule has 5 nitrogen and oxygen atoms in total. The fourth-order valence-electron chi connectivity index (χ4n) is 1.75. The lowest BCUT2D eigenvalue weighted by Crippen LogP contribution is -2.40. The summed E-state index contributed by atoms with van der Waals surface area (Å²) < 4.78 is 36.5. The number of rotatable bonds is 3. The molecular weight excluding hydrogens is 269 g/mol. The van der Waals surface area contributed by atoms with Crippen molar-refractivity contribution in [3.05, 3.63) is 29.6 Å². The monoisotopic (exact) mass is 285 g/mol. The van der Waals surface area contributed by atoms with E-state index in [1.807, 2.05) is 0 Å². The molecule has 1 heterocycles. The van der Waals surface area contributed by atoms with E-state index in [0.717, 1.165) is 25.8 Å². The molecule has 0 aliphatic carbocycles. The van der Waals surface area contributed by atoms with E-state index in [9.17, 15) is 12.8 Å². The molecule has 0 atom stereocenters. The SMILES string of the molecule is CS(=O)(=O)c1ccc(F)c(CNC2=NCCCN2)c1. The van der Waals surface area contributed by atoms with Crippen LogP contribution in [-0.2, 0) is 16.4 Å². The first-order valence-electron chi connectivity index (χ1n) is 5.97. The van der Waals surface area contributed by atoms with Crippen molar-refractivity contribution in [3.8, 4) is 0 Å².